The Labute approximate surface area is 501 Å². The predicted molar refractivity (Wildman–Crippen MR) is 368 cm³/mol. The fourth-order valence-corrected chi connectivity index (χ4v) is 35.3. The molecule has 4 atom stereocenters. The SMILES string of the molecule is CC(C)C(C(C)C)C(SSC(C)C(SSC(C(C(C)C)C(C)C)C(C(C)C)C(C)C)C(SSC(C(C(C)C)C(C)C)C(C(C)C)C(C)C)C(C)SSC(C(C(C)C)C(C)C)C(C(C)C)C(C)C)C(C(C)C)C(C)C. The minimum absolute atomic E-state index is 0.471. The van der Waals surface area contributed by atoms with Gasteiger partial charge in [0.2, 0.25) is 0 Å². The average molecular weight is 1180 g/mol. The van der Waals surface area contributed by atoms with E-state index in [2.05, 4.69) is 322 Å². The van der Waals surface area contributed by atoms with Crippen LogP contribution in [0.1, 0.15) is 235 Å². The van der Waals surface area contributed by atoms with E-state index in [1.807, 2.05) is 0 Å². The van der Waals surface area contributed by atoms with Crippen LogP contribution in [-0.2, 0) is 0 Å². The van der Waals surface area contributed by atoms with E-state index >= 15 is 0 Å². The molecular formula is C66H134S8. The number of hydrogen-bond acceptors (Lipinski definition) is 8. The molecule has 4 unspecified atom stereocenters. The van der Waals surface area contributed by atoms with Crippen LogP contribution in [0.3, 0.4) is 0 Å². The van der Waals surface area contributed by atoms with Crippen molar-refractivity contribution < 1.29 is 0 Å². The molecule has 0 spiro atoms. The first-order chi connectivity index (χ1) is 33.9. The van der Waals surface area contributed by atoms with E-state index in [1.165, 1.54) is 0 Å². The van der Waals surface area contributed by atoms with Crippen molar-refractivity contribution in [1.29, 1.82) is 0 Å². The molecule has 0 nitrogen and oxygen atoms in total. The maximum Gasteiger partial charge on any atom is 0.0414 e. The molecule has 0 aromatic rings. The van der Waals surface area contributed by atoms with Gasteiger partial charge in [0.05, 0.1) is 0 Å². The number of hydrogen-bond donors (Lipinski definition) is 0. The van der Waals surface area contributed by atoms with E-state index in [0.29, 0.717) is 184 Å². The average Bonchev–Trinajstić information content (AvgIpc) is 3.20. The summed E-state index contributed by atoms with van der Waals surface area (Å²) in [6.07, 6.45) is 0. The molecule has 0 fully saturated rings. The minimum atomic E-state index is 0.471. The Kier molecular flexibility index (Phi) is 38.6. The van der Waals surface area contributed by atoms with Gasteiger partial charge in [-0.3, -0.25) is 0 Å². The first kappa shape index (κ1) is 76.8. The summed E-state index contributed by atoms with van der Waals surface area (Å²) in [5, 5.41) is 4.31. The highest BCUT2D eigenvalue weighted by Gasteiger charge is 2.46. The second kappa shape index (κ2) is 37.2. The molecule has 0 saturated carbocycles. The second-order valence-electron chi connectivity index (χ2n) is 29.5. The molecule has 0 aliphatic heterocycles. The van der Waals surface area contributed by atoms with Gasteiger partial charge < -0.3 is 0 Å². The molecule has 0 rings (SSSR count). The van der Waals surface area contributed by atoms with E-state index in [9.17, 15) is 0 Å². The van der Waals surface area contributed by atoms with E-state index in [-0.39, 0.29) is 0 Å². The molecule has 0 aliphatic rings. The maximum atomic E-state index is 2.70. The van der Waals surface area contributed by atoms with Crippen LogP contribution in [0.15, 0.2) is 0 Å². The lowest BCUT2D eigenvalue weighted by molar-refractivity contribution is 0.177. The molecule has 0 bridgehead atoms. The smallest absolute Gasteiger partial charge is 0.0414 e. The molecule has 0 radical (unpaired) electrons. The molecule has 446 valence electrons. The van der Waals surface area contributed by atoms with Crippen molar-refractivity contribution in [2.24, 2.45) is 142 Å². The summed E-state index contributed by atoms with van der Waals surface area (Å²) in [5.41, 5.74) is 0. The highest BCUT2D eigenvalue weighted by molar-refractivity contribution is 8.80. The van der Waals surface area contributed by atoms with E-state index in [1.54, 1.807) is 0 Å². The summed E-state index contributed by atoms with van der Waals surface area (Å²) in [5.74, 6) is 15.7. The molecular weight excluding hydrogens is 1050 g/mol. The Balaban J connectivity index is 8.77. The van der Waals surface area contributed by atoms with Crippen molar-refractivity contribution in [3.63, 3.8) is 0 Å². The van der Waals surface area contributed by atoms with Gasteiger partial charge in [0.15, 0.2) is 0 Å². The summed E-state index contributed by atoms with van der Waals surface area (Å²) in [6.45, 7) is 86.5. The van der Waals surface area contributed by atoms with Crippen LogP contribution >= 0.6 is 86.4 Å². The van der Waals surface area contributed by atoms with Crippen LogP contribution in [0.25, 0.3) is 0 Å². The first-order valence-corrected chi connectivity index (χ1v) is 40.3. The topological polar surface area (TPSA) is 0 Å². The third-order valence-corrected chi connectivity index (χ3v) is 32.4. The van der Waals surface area contributed by atoms with Crippen molar-refractivity contribution >= 4 is 86.4 Å². The van der Waals surface area contributed by atoms with Crippen molar-refractivity contribution in [3.8, 4) is 0 Å². The summed E-state index contributed by atoms with van der Waals surface area (Å²) in [6, 6.07) is 0. The zero-order valence-electron chi connectivity index (χ0n) is 55.7. The minimum Gasteiger partial charge on any atom is -0.0898 e. The van der Waals surface area contributed by atoms with E-state index in [0.717, 1.165) is 0 Å². The maximum absolute atomic E-state index is 2.70. The van der Waals surface area contributed by atoms with Gasteiger partial charge in [-0.25, -0.2) is 0 Å². The Morgan fingerprint density at radius 2 is 0.216 bits per heavy atom. The quantitative estimate of drug-likeness (QED) is 0.0552. The lowest BCUT2D eigenvalue weighted by Crippen LogP contribution is -2.41. The molecule has 0 N–H and O–H groups in total. The van der Waals surface area contributed by atoms with Crippen LogP contribution in [0.5, 0.6) is 0 Å². The van der Waals surface area contributed by atoms with Gasteiger partial charge in [-0.05, 0) is 142 Å². The molecule has 74 heavy (non-hydrogen) atoms. The third-order valence-electron chi connectivity index (χ3n) is 17.8. The van der Waals surface area contributed by atoms with Crippen molar-refractivity contribution in [2.45, 2.75) is 277 Å². The fourth-order valence-electron chi connectivity index (χ4n) is 15.2. The van der Waals surface area contributed by atoms with Crippen LogP contribution in [0, 0.1) is 142 Å². The van der Waals surface area contributed by atoms with Crippen LogP contribution in [0.2, 0.25) is 0 Å². The zero-order valence-corrected chi connectivity index (χ0v) is 62.3. The standard InChI is InChI=1S/C66H134S8/c1-35(2)53(36(3)4)63(54(37(5)6)38(7)8)71-67-51(33)61(69-73-65(57(43(17)18)44(19)20)58(45(21)22)46(23)24)62(70-74-66(59(47(25)26)48(27)28)60(49(29)30)50(31)32)52(34)68-72-64(55(39(9)10)40(11)12)56(41(13)14)42(15)16/h35-66H,1-34H3. The van der Waals surface area contributed by atoms with Gasteiger partial charge in [-0.15, -0.1) is 0 Å². The molecule has 0 saturated heterocycles. The monoisotopic (exact) mass is 1180 g/mol. The van der Waals surface area contributed by atoms with Gasteiger partial charge in [0.25, 0.3) is 0 Å². The summed E-state index contributed by atoms with van der Waals surface area (Å²) >= 11 is 0. The van der Waals surface area contributed by atoms with Crippen LogP contribution in [-0.4, -0.2) is 42.0 Å². The molecule has 0 aromatic heterocycles. The first-order valence-electron chi connectivity index (χ1n) is 31.2. The van der Waals surface area contributed by atoms with Crippen LogP contribution < -0.4 is 0 Å². The van der Waals surface area contributed by atoms with Crippen molar-refractivity contribution in [2.75, 3.05) is 0 Å². The normalized spacial score (nSPS) is 15.8. The fraction of sp³-hybridized carbons (Fsp3) is 1.00. The highest BCUT2D eigenvalue weighted by Crippen LogP contribution is 2.59. The lowest BCUT2D eigenvalue weighted by Gasteiger charge is -2.45. The molecule has 0 amide bonds. The highest BCUT2D eigenvalue weighted by atomic mass is 33.1. The summed E-state index contributed by atoms with van der Waals surface area (Å²) in [7, 11) is 18.8. The zero-order chi connectivity index (χ0) is 58.1. The predicted octanol–water partition coefficient (Wildman–Crippen LogP) is 24.9. The Morgan fingerprint density at radius 3 is 0.324 bits per heavy atom. The summed E-state index contributed by atoms with van der Waals surface area (Å²) in [4.78, 5) is 0. The van der Waals surface area contributed by atoms with Gasteiger partial charge in [0.1, 0.15) is 0 Å². The van der Waals surface area contributed by atoms with E-state index < -0.39 is 0 Å². The molecule has 0 heterocycles. The Morgan fingerprint density at radius 1 is 0.122 bits per heavy atom. The Hall–Kier alpha value is 2.80. The van der Waals surface area contributed by atoms with Gasteiger partial charge >= 0.3 is 0 Å². The van der Waals surface area contributed by atoms with Gasteiger partial charge in [0, 0.05) is 42.0 Å². The second-order valence-corrected chi connectivity index (χ2v) is 40.4. The largest absolute Gasteiger partial charge is 0.0898 e. The number of rotatable bonds is 39. The van der Waals surface area contributed by atoms with Crippen molar-refractivity contribution in [3.05, 3.63) is 0 Å². The third kappa shape index (κ3) is 23.8. The van der Waals surface area contributed by atoms with E-state index in [4.69, 9.17) is 0 Å². The summed E-state index contributed by atoms with van der Waals surface area (Å²) < 4.78 is 0. The lowest BCUT2D eigenvalue weighted by atomic mass is 9.72. The molecule has 0 aromatic carbocycles. The van der Waals surface area contributed by atoms with Crippen LogP contribution in [0.4, 0.5) is 0 Å². The van der Waals surface area contributed by atoms with Gasteiger partial charge in [-0.2, -0.15) is 0 Å². The van der Waals surface area contributed by atoms with Gasteiger partial charge in [-0.1, -0.05) is 322 Å². The van der Waals surface area contributed by atoms with Crippen molar-refractivity contribution in [1.82, 2.24) is 0 Å². The Bertz CT molecular complexity index is 1150. The molecule has 8 heteroatoms. The molecule has 0 aliphatic carbocycles.